The monoisotopic (exact) mass is 626 g/mol. The highest BCUT2D eigenvalue weighted by Gasteiger charge is 2.24. The second-order valence-electron chi connectivity index (χ2n) is 9.90. The second kappa shape index (κ2) is 19.1. The van der Waals surface area contributed by atoms with E-state index < -0.39 is 5.97 Å². The highest BCUT2D eigenvalue weighted by Crippen LogP contribution is 2.29. The van der Waals surface area contributed by atoms with Crippen molar-refractivity contribution < 1.29 is 33.3 Å². The predicted octanol–water partition coefficient (Wildman–Crippen LogP) is 7.10. The molecule has 10 heteroatoms. The fourth-order valence-corrected chi connectivity index (χ4v) is 4.29. The summed E-state index contributed by atoms with van der Waals surface area (Å²) < 4.78 is 27.7. The number of hydrogen-bond acceptors (Lipinski definition) is 8. The molecule has 238 valence electrons. The van der Waals surface area contributed by atoms with Gasteiger partial charge in [-0.05, 0) is 95.5 Å². The number of anilines is 1. The zero-order valence-electron chi connectivity index (χ0n) is 25.9. The predicted molar refractivity (Wildman–Crippen MR) is 174 cm³/mol. The van der Waals surface area contributed by atoms with E-state index in [2.05, 4.69) is 0 Å². The number of esters is 1. The number of amides is 1. The van der Waals surface area contributed by atoms with Gasteiger partial charge in [0.25, 0.3) is 5.91 Å². The van der Waals surface area contributed by atoms with Crippen molar-refractivity contribution in [3.63, 3.8) is 0 Å². The molecule has 3 aromatic carbocycles. The van der Waals surface area contributed by atoms with Crippen molar-refractivity contribution >= 4 is 35.9 Å². The largest absolute Gasteiger partial charge is 0.494 e. The van der Waals surface area contributed by atoms with Gasteiger partial charge >= 0.3 is 5.97 Å². The fourth-order valence-electron chi connectivity index (χ4n) is 4.29. The van der Waals surface area contributed by atoms with Crippen molar-refractivity contribution in [2.75, 3.05) is 37.9 Å². The molecule has 0 saturated carbocycles. The summed E-state index contributed by atoms with van der Waals surface area (Å²) in [5.74, 6) is 0.941. The molecular weight excluding hydrogens is 584 g/mol. The molecule has 1 amide bonds. The standard InChI is InChI=1S/C34H42N2O7.ClH/c1-5-39-32(37)24-43-31-23-29(19-20-30(31)34(38)36(25(3)4)27-13-9-7-10-14-27)42-22-12-8-11-21-41-28-17-15-26(16-18-28)33(35)40-6-2;/h7,9-10,13-20,23,25,35H,5-6,8,11-12,21-22,24H2,1-4H3;1H. The molecule has 9 nitrogen and oxygen atoms in total. The lowest BCUT2D eigenvalue weighted by Crippen LogP contribution is -2.37. The second-order valence-corrected chi connectivity index (χ2v) is 9.90. The van der Waals surface area contributed by atoms with Gasteiger partial charge in [0.1, 0.15) is 17.2 Å². The Morgan fingerprint density at radius 1 is 0.773 bits per heavy atom. The molecule has 0 aliphatic rings. The summed E-state index contributed by atoms with van der Waals surface area (Å²) in [6.07, 6.45) is 2.56. The molecule has 3 rings (SSSR count). The molecule has 0 spiro atoms. The molecule has 0 unspecified atom stereocenters. The molecule has 1 N–H and O–H groups in total. The number of hydrogen-bond donors (Lipinski definition) is 1. The summed E-state index contributed by atoms with van der Waals surface area (Å²) in [5.41, 5.74) is 1.81. The topological polar surface area (TPSA) is 107 Å². The van der Waals surface area contributed by atoms with Crippen LogP contribution in [0.1, 0.15) is 62.9 Å². The summed E-state index contributed by atoms with van der Waals surface area (Å²) in [4.78, 5) is 27.4. The Balaban J connectivity index is 0.00000675. The van der Waals surface area contributed by atoms with E-state index in [1.165, 1.54) is 0 Å². The van der Waals surface area contributed by atoms with Gasteiger partial charge in [-0.2, -0.15) is 0 Å². The maximum absolute atomic E-state index is 13.7. The van der Waals surface area contributed by atoms with Crippen molar-refractivity contribution in [1.29, 1.82) is 5.41 Å². The summed E-state index contributed by atoms with van der Waals surface area (Å²) >= 11 is 0. The lowest BCUT2D eigenvalue weighted by Gasteiger charge is -2.28. The summed E-state index contributed by atoms with van der Waals surface area (Å²) in [5, 5.41) is 7.84. The lowest BCUT2D eigenvalue weighted by atomic mass is 10.1. The number of nitrogens with zero attached hydrogens (tertiary/aromatic N) is 1. The highest BCUT2D eigenvalue weighted by atomic mass is 35.5. The van der Waals surface area contributed by atoms with Gasteiger partial charge in [-0.3, -0.25) is 10.2 Å². The van der Waals surface area contributed by atoms with Crippen LogP contribution in [-0.2, 0) is 14.3 Å². The summed E-state index contributed by atoms with van der Waals surface area (Å²) in [7, 11) is 0. The molecule has 0 fully saturated rings. The number of carbonyl (C=O) groups is 2. The zero-order chi connectivity index (χ0) is 31.0. The van der Waals surface area contributed by atoms with Gasteiger partial charge in [0.15, 0.2) is 6.61 Å². The quantitative estimate of drug-likeness (QED) is 0.0737. The molecule has 0 bridgehead atoms. The van der Waals surface area contributed by atoms with Gasteiger partial charge in [0.2, 0.25) is 5.90 Å². The SMILES string of the molecule is CCOC(=N)c1ccc(OCCCCCOc2ccc(C(=O)N(c3ccccc3)C(C)C)c(OCC(=O)OCC)c2)cc1.Cl. The van der Waals surface area contributed by atoms with E-state index >= 15 is 0 Å². The Morgan fingerprint density at radius 2 is 1.39 bits per heavy atom. The third-order valence-corrected chi connectivity index (χ3v) is 6.34. The zero-order valence-corrected chi connectivity index (χ0v) is 26.7. The van der Waals surface area contributed by atoms with Crippen molar-refractivity contribution in [3.8, 4) is 17.2 Å². The minimum absolute atomic E-state index is 0. The molecule has 3 aromatic rings. The van der Waals surface area contributed by atoms with Crippen LogP contribution >= 0.6 is 12.4 Å². The van der Waals surface area contributed by atoms with Gasteiger partial charge < -0.3 is 28.6 Å². The highest BCUT2D eigenvalue weighted by molar-refractivity contribution is 6.08. The Hall–Kier alpha value is -4.24. The Bertz CT molecular complexity index is 1320. The average molecular weight is 627 g/mol. The first kappa shape index (κ1) is 36.0. The maximum Gasteiger partial charge on any atom is 0.344 e. The van der Waals surface area contributed by atoms with Gasteiger partial charge in [-0.15, -0.1) is 12.4 Å². The molecule has 0 radical (unpaired) electrons. The number of rotatable bonds is 17. The molecular formula is C34H43ClN2O7. The van der Waals surface area contributed by atoms with Crippen molar-refractivity contribution in [2.24, 2.45) is 0 Å². The van der Waals surface area contributed by atoms with Crippen molar-refractivity contribution in [3.05, 3.63) is 83.9 Å². The first-order valence-electron chi connectivity index (χ1n) is 14.7. The van der Waals surface area contributed by atoms with Gasteiger partial charge in [-0.25, -0.2) is 4.79 Å². The molecule has 0 saturated heterocycles. The van der Waals surface area contributed by atoms with E-state index in [0.717, 1.165) is 30.7 Å². The normalized spacial score (nSPS) is 10.4. The number of benzene rings is 3. The van der Waals surface area contributed by atoms with Gasteiger partial charge in [0, 0.05) is 23.4 Å². The molecule has 0 heterocycles. The minimum Gasteiger partial charge on any atom is -0.494 e. The van der Waals surface area contributed by atoms with E-state index in [0.29, 0.717) is 36.7 Å². The van der Waals surface area contributed by atoms with E-state index in [1.807, 2.05) is 75.4 Å². The van der Waals surface area contributed by atoms with E-state index in [1.54, 1.807) is 30.0 Å². The van der Waals surface area contributed by atoms with Crippen LogP contribution in [0.25, 0.3) is 0 Å². The Morgan fingerprint density at radius 3 is 2.00 bits per heavy atom. The van der Waals surface area contributed by atoms with Crippen LogP contribution in [-0.4, -0.2) is 56.9 Å². The number of nitrogens with one attached hydrogen (secondary N) is 1. The fraction of sp³-hybridized carbons (Fsp3) is 0.382. The third-order valence-electron chi connectivity index (χ3n) is 6.34. The van der Waals surface area contributed by atoms with Crippen LogP contribution in [0.3, 0.4) is 0 Å². The first-order chi connectivity index (χ1) is 20.8. The molecule has 0 aliphatic carbocycles. The summed E-state index contributed by atoms with van der Waals surface area (Å²) in [6, 6.07) is 21.7. The maximum atomic E-state index is 13.7. The van der Waals surface area contributed by atoms with Gasteiger partial charge in [-0.1, -0.05) is 18.2 Å². The van der Waals surface area contributed by atoms with Crippen molar-refractivity contribution in [2.45, 2.75) is 53.0 Å². The Labute approximate surface area is 266 Å². The minimum atomic E-state index is -0.515. The number of unbranched alkanes of at least 4 members (excludes halogenated alkanes) is 2. The average Bonchev–Trinajstić information content (AvgIpc) is 3.00. The van der Waals surface area contributed by atoms with Crippen LogP contribution in [0.2, 0.25) is 0 Å². The van der Waals surface area contributed by atoms with Crippen LogP contribution in [0.15, 0.2) is 72.8 Å². The van der Waals surface area contributed by atoms with Crippen LogP contribution in [0.5, 0.6) is 17.2 Å². The van der Waals surface area contributed by atoms with E-state index in [4.69, 9.17) is 29.1 Å². The molecule has 44 heavy (non-hydrogen) atoms. The molecule has 0 aliphatic heterocycles. The summed E-state index contributed by atoms with van der Waals surface area (Å²) in [6.45, 7) is 8.89. The van der Waals surface area contributed by atoms with Gasteiger partial charge in [0.05, 0.1) is 32.0 Å². The number of halogens is 1. The van der Waals surface area contributed by atoms with Crippen LogP contribution in [0, 0.1) is 5.41 Å². The number of ether oxygens (including phenoxy) is 5. The lowest BCUT2D eigenvalue weighted by molar-refractivity contribution is -0.145. The van der Waals surface area contributed by atoms with Crippen LogP contribution in [0.4, 0.5) is 5.69 Å². The molecule has 0 atom stereocenters. The van der Waals surface area contributed by atoms with Crippen LogP contribution < -0.4 is 19.1 Å². The first-order valence-corrected chi connectivity index (χ1v) is 14.7. The third kappa shape index (κ3) is 11.1. The number of carbonyl (C=O) groups excluding carboxylic acids is 2. The number of para-hydroxylation sites is 1. The molecule has 0 aromatic heterocycles. The van der Waals surface area contributed by atoms with E-state index in [-0.39, 0.29) is 49.2 Å². The van der Waals surface area contributed by atoms with Crippen molar-refractivity contribution in [1.82, 2.24) is 0 Å². The van der Waals surface area contributed by atoms with E-state index in [9.17, 15) is 9.59 Å². The Kier molecular flexibility index (Phi) is 15.6. The smallest absolute Gasteiger partial charge is 0.344 e.